The molecule has 7 heteroatoms. The van der Waals surface area contributed by atoms with Gasteiger partial charge in [0.05, 0.1) is 16.1 Å². The fraction of sp³-hybridized carbons (Fsp3) is 0.185. The first-order valence-corrected chi connectivity index (χ1v) is 12.2. The maximum Gasteiger partial charge on any atom is 0.272 e. The molecule has 0 aliphatic carbocycles. The van der Waals surface area contributed by atoms with Crippen molar-refractivity contribution in [3.05, 3.63) is 94.2 Å². The fourth-order valence-corrected chi connectivity index (χ4v) is 5.76. The molecule has 1 aromatic heterocycles. The SMILES string of the molecule is CC(=O)c1c(C)oc2ccc(N(C(=O)c3ccc(C)cc3)S(=O)(=O)c3cc(C)ccc3C)cc12. The predicted octanol–water partition coefficient (Wildman–Crippen LogP) is 5.90. The molecule has 0 saturated carbocycles. The van der Waals surface area contributed by atoms with Gasteiger partial charge in [0.15, 0.2) is 5.78 Å². The highest BCUT2D eigenvalue weighted by molar-refractivity contribution is 7.93. The second-order valence-electron chi connectivity index (χ2n) is 8.48. The molecule has 0 unspecified atom stereocenters. The second-order valence-corrected chi connectivity index (χ2v) is 10.2. The molecular weight excluding hydrogens is 450 g/mol. The maximum absolute atomic E-state index is 14.0. The number of sulfonamides is 1. The number of furan rings is 1. The van der Waals surface area contributed by atoms with Gasteiger partial charge in [0.2, 0.25) is 0 Å². The van der Waals surface area contributed by atoms with Crippen LogP contribution in [-0.4, -0.2) is 20.1 Å². The molecule has 0 atom stereocenters. The minimum atomic E-state index is -4.29. The molecule has 0 aliphatic rings. The normalized spacial score (nSPS) is 11.6. The van der Waals surface area contributed by atoms with Crippen molar-refractivity contribution in [1.82, 2.24) is 0 Å². The van der Waals surface area contributed by atoms with Crippen LogP contribution in [0.5, 0.6) is 0 Å². The number of anilines is 1. The van der Waals surface area contributed by atoms with Crippen LogP contribution in [0.2, 0.25) is 0 Å². The topological polar surface area (TPSA) is 84.7 Å². The molecule has 4 aromatic rings. The standard InChI is InChI=1S/C27H25NO5S/c1-16-7-10-21(11-8-16)27(30)28(34(31,32)25-14-17(2)6-9-18(25)3)22-12-13-24-23(15-22)26(19(4)29)20(5)33-24/h6-15H,1-5H3. The van der Waals surface area contributed by atoms with Gasteiger partial charge in [-0.05, 0) is 82.1 Å². The molecule has 0 saturated heterocycles. The molecule has 34 heavy (non-hydrogen) atoms. The monoisotopic (exact) mass is 475 g/mol. The van der Waals surface area contributed by atoms with E-state index in [0.29, 0.717) is 27.9 Å². The minimum absolute atomic E-state index is 0.0447. The average molecular weight is 476 g/mol. The first kappa shape index (κ1) is 23.4. The van der Waals surface area contributed by atoms with E-state index in [9.17, 15) is 18.0 Å². The Bertz CT molecular complexity index is 1550. The van der Waals surface area contributed by atoms with E-state index in [4.69, 9.17) is 4.42 Å². The van der Waals surface area contributed by atoms with Crippen molar-refractivity contribution >= 4 is 38.4 Å². The third-order valence-electron chi connectivity index (χ3n) is 5.78. The Kier molecular flexibility index (Phi) is 5.91. The van der Waals surface area contributed by atoms with E-state index in [0.717, 1.165) is 15.4 Å². The summed E-state index contributed by atoms with van der Waals surface area (Å²) in [6, 6.07) is 16.4. The number of ketones is 1. The second kappa shape index (κ2) is 8.57. The van der Waals surface area contributed by atoms with Crippen LogP contribution in [0.25, 0.3) is 11.0 Å². The molecule has 3 aromatic carbocycles. The zero-order valence-corrected chi connectivity index (χ0v) is 20.5. The number of rotatable bonds is 5. The van der Waals surface area contributed by atoms with Crippen molar-refractivity contribution in [3.8, 4) is 0 Å². The van der Waals surface area contributed by atoms with Gasteiger partial charge in [-0.2, -0.15) is 4.31 Å². The number of hydrogen-bond donors (Lipinski definition) is 0. The maximum atomic E-state index is 14.0. The number of hydrogen-bond acceptors (Lipinski definition) is 5. The number of fused-ring (bicyclic) bond motifs is 1. The summed E-state index contributed by atoms with van der Waals surface area (Å²) < 4.78 is 34.4. The molecule has 0 bridgehead atoms. The lowest BCUT2D eigenvalue weighted by atomic mass is 10.1. The Labute approximate surface area is 198 Å². The van der Waals surface area contributed by atoms with Crippen molar-refractivity contribution in [2.24, 2.45) is 0 Å². The summed E-state index contributed by atoms with van der Waals surface area (Å²) in [7, 11) is -4.29. The number of aryl methyl sites for hydroxylation is 4. The summed E-state index contributed by atoms with van der Waals surface area (Å²) in [6.45, 7) is 8.48. The van der Waals surface area contributed by atoms with Crippen molar-refractivity contribution in [3.63, 3.8) is 0 Å². The van der Waals surface area contributed by atoms with Gasteiger partial charge in [-0.3, -0.25) is 9.59 Å². The van der Waals surface area contributed by atoms with Crippen LogP contribution in [0.3, 0.4) is 0 Å². The molecule has 0 spiro atoms. The lowest BCUT2D eigenvalue weighted by Crippen LogP contribution is -2.37. The molecule has 6 nitrogen and oxygen atoms in total. The number of amides is 1. The quantitative estimate of drug-likeness (QED) is 0.335. The van der Waals surface area contributed by atoms with Gasteiger partial charge in [-0.15, -0.1) is 0 Å². The molecule has 0 N–H and O–H groups in total. The summed E-state index contributed by atoms with van der Waals surface area (Å²) in [5.74, 6) is -0.458. The summed E-state index contributed by atoms with van der Waals surface area (Å²) >= 11 is 0. The van der Waals surface area contributed by atoms with Gasteiger partial charge < -0.3 is 4.42 Å². The molecule has 1 heterocycles. The van der Waals surface area contributed by atoms with Crippen LogP contribution >= 0.6 is 0 Å². The lowest BCUT2D eigenvalue weighted by molar-refractivity contribution is 0.1000. The van der Waals surface area contributed by atoms with Crippen molar-refractivity contribution in [2.75, 3.05) is 4.31 Å². The summed E-state index contributed by atoms with van der Waals surface area (Å²) in [4.78, 5) is 26.0. The van der Waals surface area contributed by atoms with E-state index < -0.39 is 15.9 Å². The number of nitrogens with zero attached hydrogens (tertiary/aromatic N) is 1. The van der Waals surface area contributed by atoms with Crippen LogP contribution < -0.4 is 4.31 Å². The van der Waals surface area contributed by atoms with E-state index in [1.807, 2.05) is 13.0 Å². The van der Waals surface area contributed by atoms with E-state index in [-0.39, 0.29) is 21.9 Å². The van der Waals surface area contributed by atoms with Gasteiger partial charge in [-0.1, -0.05) is 29.8 Å². The van der Waals surface area contributed by atoms with Crippen molar-refractivity contribution in [1.29, 1.82) is 0 Å². The third kappa shape index (κ3) is 4.03. The summed E-state index contributed by atoms with van der Waals surface area (Å²) in [5, 5.41) is 0.459. The number of carbonyl (C=O) groups excluding carboxylic acids is 2. The summed E-state index contributed by atoms with van der Waals surface area (Å²) in [5.41, 5.74) is 3.39. The molecule has 0 fully saturated rings. The highest BCUT2D eigenvalue weighted by Gasteiger charge is 2.33. The first-order chi connectivity index (χ1) is 16.0. The number of carbonyl (C=O) groups is 2. The average Bonchev–Trinajstić information content (AvgIpc) is 3.11. The molecule has 4 rings (SSSR count). The fourth-order valence-electron chi connectivity index (χ4n) is 4.03. The Morgan fingerprint density at radius 3 is 2.12 bits per heavy atom. The van der Waals surface area contributed by atoms with Crippen molar-refractivity contribution < 1.29 is 22.4 Å². The Hall–Kier alpha value is -3.71. The Morgan fingerprint density at radius 1 is 0.824 bits per heavy atom. The van der Waals surface area contributed by atoms with Gasteiger partial charge in [0.1, 0.15) is 11.3 Å². The van der Waals surface area contributed by atoms with Gasteiger partial charge in [0, 0.05) is 10.9 Å². The van der Waals surface area contributed by atoms with Gasteiger partial charge in [0.25, 0.3) is 15.9 Å². The highest BCUT2D eigenvalue weighted by atomic mass is 32.2. The molecule has 174 valence electrons. The first-order valence-electron chi connectivity index (χ1n) is 10.8. The lowest BCUT2D eigenvalue weighted by Gasteiger charge is -2.24. The minimum Gasteiger partial charge on any atom is -0.461 e. The molecule has 0 aliphatic heterocycles. The smallest absolute Gasteiger partial charge is 0.272 e. The third-order valence-corrected chi connectivity index (χ3v) is 7.63. The van der Waals surface area contributed by atoms with E-state index in [2.05, 4.69) is 0 Å². The molecular formula is C27H25NO5S. The largest absolute Gasteiger partial charge is 0.461 e. The zero-order valence-electron chi connectivity index (χ0n) is 19.7. The zero-order chi connectivity index (χ0) is 24.8. The molecule has 0 radical (unpaired) electrons. The van der Waals surface area contributed by atoms with Gasteiger partial charge in [-0.25, -0.2) is 8.42 Å². The number of Topliss-reactive ketones (excluding diaryl/α,β-unsaturated/α-hetero) is 1. The Balaban J connectivity index is 1.99. The van der Waals surface area contributed by atoms with Gasteiger partial charge >= 0.3 is 0 Å². The Morgan fingerprint density at radius 2 is 1.47 bits per heavy atom. The predicted molar refractivity (Wildman–Crippen MR) is 132 cm³/mol. The van der Waals surface area contributed by atoms with E-state index in [1.54, 1.807) is 63.2 Å². The summed E-state index contributed by atoms with van der Waals surface area (Å²) in [6.07, 6.45) is 0. The van der Waals surface area contributed by atoms with E-state index in [1.165, 1.54) is 19.1 Å². The molecule has 1 amide bonds. The number of benzene rings is 3. The van der Waals surface area contributed by atoms with Crippen LogP contribution in [0.1, 0.15) is 50.1 Å². The van der Waals surface area contributed by atoms with Crippen LogP contribution in [0, 0.1) is 27.7 Å². The van der Waals surface area contributed by atoms with E-state index >= 15 is 0 Å². The van der Waals surface area contributed by atoms with Crippen LogP contribution in [0.15, 0.2) is 70.0 Å². The highest BCUT2D eigenvalue weighted by Crippen LogP contribution is 2.34. The van der Waals surface area contributed by atoms with Crippen LogP contribution in [0.4, 0.5) is 5.69 Å². The van der Waals surface area contributed by atoms with Crippen LogP contribution in [-0.2, 0) is 10.0 Å². The van der Waals surface area contributed by atoms with Crippen molar-refractivity contribution in [2.45, 2.75) is 39.5 Å².